The first-order chi connectivity index (χ1) is 12.7. The van der Waals surface area contributed by atoms with E-state index >= 15 is 0 Å². The molecule has 0 N–H and O–H groups in total. The minimum absolute atomic E-state index is 0.101. The normalized spacial score (nSPS) is 21.2. The van der Waals surface area contributed by atoms with Gasteiger partial charge in [-0.25, -0.2) is 18.1 Å². The maximum atomic E-state index is 12.8. The van der Waals surface area contributed by atoms with E-state index in [2.05, 4.69) is 0 Å². The molecule has 1 aromatic rings. The number of sulfone groups is 1. The molecule has 9 nitrogen and oxygen atoms in total. The van der Waals surface area contributed by atoms with Gasteiger partial charge in [-0.1, -0.05) is 30.3 Å². The van der Waals surface area contributed by atoms with Crippen molar-refractivity contribution in [3.8, 4) is 0 Å². The van der Waals surface area contributed by atoms with Gasteiger partial charge >= 0.3 is 17.8 Å². The number of imide groups is 2. The first kappa shape index (κ1) is 18.8. The molecule has 2 aliphatic rings. The fourth-order valence-electron chi connectivity index (χ4n) is 2.90. The molecule has 2 aliphatic heterocycles. The fourth-order valence-corrected chi connectivity index (χ4v) is 4.20. The molecule has 10 heteroatoms. The predicted molar refractivity (Wildman–Crippen MR) is 93.6 cm³/mol. The van der Waals surface area contributed by atoms with Crippen LogP contribution in [0.15, 0.2) is 41.8 Å². The molecule has 0 bridgehead atoms. The van der Waals surface area contributed by atoms with Crippen LogP contribution in [0.25, 0.3) is 0 Å². The summed E-state index contributed by atoms with van der Waals surface area (Å²) in [6.45, 7) is -0.533. The molecule has 0 radical (unpaired) electrons. The quantitative estimate of drug-likeness (QED) is 0.505. The van der Waals surface area contributed by atoms with Gasteiger partial charge in [0.15, 0.2) is 9.84 Å². The van der Waals surface area contributed by atoms with E-state index < -0.39 is 46.2 Å². The van der Waals surface area contributed by atoms with Gasteiger partial charge in [0.05, 0.1) is 11.8 Å². The van der Waals surface area contributed by atoms with Crippen molar-refractivity contribution < 1.29 is 27.6 Å². The van der Waals surface area contributed by atoms with E-state index in [1.165, 1.54) is 11.0 Å². The first-order valence-corrected chi connectivity index (χ1v) is 9.79. The second-order valence-electron chi connectivity index (χ2n) is 6.27. The number of nitrogens with zero attached hydrogens (tertiary/aromatic N) is 3. The van der Waals surface area contributed by atoms with Crippen LogP contribution in [0, 0.1) is 0 Å². The van der Waals surface area contributed by atoms with Gasteiger partial charge in [0.2, 0.25) is 5.91 Å². The number of rotatable bonds is 5. The number of hydrogen-bond donors (Lipinski definition) is 0. The van der Waals surface area contributed by atoms with Gasteiger partial charge in [-0.3, -0.25) is 19.3 Å². The van der Waals surface area contributed by atoms with Crippen molar-refractivity contribution in [1.82, 2.24) is 14.7 Å². The summed E-state index contributed by atoms with van der Waals surface area (Å²) in [6.07, 6.45) is 1.40. The maximum Gasteiger partial charge on any atom is 0.334 e. The van der Waals surface area contributed by atoms with Crippen molar-refractivity contribution in [3.05, 3.63) is 47.4 Å². The molecule has 3 rings (SSSR count). The summed E-state index contributed by atoms with van der Waals surface area (Å²) in [4.78, 5) is 50.8. The summed E-state index contributed by atoms with van der Waals surface area (Å²) in [5.74, 6) is -2.99. The molecular weight excluding hydrogens is 374 g/mol. The summed E-state index contributed by atoms with van der Waals surface area (Å²) in [7, 11) is -2.26. The number of likely N-dealkylation sites (N-methyl/N-ethyl adjacent to an activating group) is 1. The van der Waals surface area contributed by atoms with Crippen LogP contribution >= 0.6 is 0 Å². The molecule has 1 aromatic carbocycles. The molecule has 5 amide bonds. The zero-order valence-electron chi connectivity index (χ0n) is 14.4. The maximum absolute atomic E-state index is 12.8. The number of benzene rings is 1. The second-order valence-corrected chi connectivity index (χ2v) is 8.20. The topological polar surface area (TPSA) is 112 Å². The Morgan fingerprint density at radius 2 is 1.81 bits per heavy atom. The number of amides is 5. The van der Waals surface area contributed by atoms with Gasteiger partial charge < -0.3 is 4.90 Å². The van der Waals surface area contributed by atoms with Gasteiger partial charge in [0.25, 0.3) is 0 Å². The Morgan fingerprint density at radius 3 is 2.33 bits per heavy atom. The Labute approximate surface area is 155 Å². The molecule has 0 spiro atoms. The molecule has 0 aliphatic carbocycles. The molecule has 0 unspecified atom stereocenters. The third-order valence-corrected chi connectivity index (χ3v) is 5.75. The lowest BCUT2D eigenvalue weighted by Crippen LogP contribution is -2.47. The van der Waals surface area contributed by atoms with Gasteiger partial charge in [0, 0.05) is 19.0 Å². The van der Waals surface area contributed by atoms with E-state index in [9.17, 15) is 27.6 Å². The Kier molecular flexibility index (Phi) is 4.83. The lowest BCUT2D eigenvalue weighted by Gasteiger charge is -2.29. The summed E-state index contributed by atoms with van der Waals surface area (Å²) in [6, 6.07) is 7.31. The van der Waals surface area contributed by atoms with Gasteiger partial charge in [-0.2, -0.15) is 0 Å². The van der Waals surface area contributed by atoms with Gasteiger partial charge in [0.1, 0.15) is 6.54 Å². The first-order valence-electron chi connectivity index (χ1n) is 8.07. The van der Waals surface area contributed by atoms with E-state index in [4.69, 9.17) is 0 Å². The van der Waals surface area contributed by atoms with Crippen molar-refractivity contribution in [2.75, 3.05) is 19.3 Å². The molecule has 0 aromatic heterocycles. The summed E-state index contributed by atoms with van der Waals surface area (Å²) >= 11 is 0. The predicted octanol–water partition coefficient (Wildman–Crippen LogP) is -0.253. The average Bonchev–Trinajstić information content (AvgIpc) is 3.08. The van der Waals surface area contributed by atoms with Crippen LogP contribution in [0.3, 0.4) is 0 Å². The molecule has 2 heterocycles. The Bertz CT molecular complexity index is 941. The molecule has 142 valence electrons. The Morgan fingerprint density at radius 1 is 1.15 bits per heavy atom. The molecular formula is C17H17N3O6S. The standard InChI is InChI=1S/C17H17N3O6S/c1-18-15(22)16(23)20(17(18)24)10-14(21)19(9-12-5-3-2-4-6-12)13-7-8-27(25,26)11-13/h2-8,13H,9-11H2,1H3/t13-/m1/s1. The zero-order valence-corrected chi connectivity index (χ0v) is 15.3. The van der Waals surface area contributed by atoms with E-state index in [1.54, 1.807) is 30.3 Å². The van der Waals surface area contributed by atoms with E-state index in [1.807, 2.05) is 0 Å². The third kappa shape index (κ3) is 3.75. The molecule has 1 atom stereocenters. The van der Waals surface area contributed by atoms with Gasteiger partial charge in [-0.05, 0) is 11.6 Å². The highest BCUT2D eigenvalue weighted by molar-refractivity contribution is 7.94. The number of carbonyl (C=O) groups excluding carboxylic acids is 4. The van der Waals surface area contributed by atoms with Crippen LogP contribution in [0.2, 0.25) is 0 Å². The lowest BCUT2D eigenvalue weighted by atomic mass is 10.1. The van der Waals surface area contributed by atoms with Gasteiger partial charge in [-0.15, -0.1) is 0 Å². The van der Waals surface area contributed by atoms with Crippen molar-refractivity contribution in [1.29, 1.82) is 0 Å². The fraction of sp³-hybridized carbons (Fsp3) is 0.294. The van der Waals surface area contributed by atoms with Crippen LogP contribution in [-0.4, -0.2) is 72.3 Å². The minimum atomic E-state index is -3.42. The van der Waals surface area contributed by atoms with Crippen molar-refractivity contribution in [3.63, 3.8) is 0 Å². The van der Waals surface area contributed by atoms with Crippen molar-refractivity contribution in [2.24, 2.45) is 0 Å². The highest BCUT2D eigenvalue weighted by Crippen LogP contribution is 2.19. The summed E-state index contributed by atoms with van der Waals surface area (Å²) < 4.78 is 23.5. The number of carbonyl (C=O) groups is 4. The Hall–Kier alpha value is -3.01. The SMILES string of the molecule is CN1C(=O)C(=O)N(CC(=O)N(Cc2ccccc2)[C@@H]2C=CS(=O)(=O)C2)C1=O. The van der Waals surface area contributed by atoms with Crippen molar-refractivity contribution >= 4 is 33.6 Å². The molecule has 1 saturated heterocycles. The average molecular weight is 391 g/mol. The Balaban J connectivity index is 1.83. The number of hydrogen-bond acceptors (Lipinski definition) is 6. The van der Waals surface area contributed by atoms with E-state index in [0.717, 1.165) is 18.0 Å². The third-order valence-electron chi connectivity index (χ3n) is 4.37. The summed E-state index contributed by atoms with van der Waals surface area (Å²) in [5, 5.41) is 1.05. The zero-order chi connectivity index (χ0) is 19.8. The smallest absolute Gasteiger partial charge is 0.329 e. The molecule has 1 fully saturated rings. The van der Waals surface area contributed by atoms with Crippen LogP contribution in [0.5, 0.6) is 0 Å². The van der Waals surface area contributed by atoms with Crippen molar-refractivity contribution in [2.45, 2.75) is 12.6 Å². The van der Waals surface area contributed by atoms with E-state index in [0.29, 0.717) is 9.80 Å². The highest BCUT2D eigenvalue weighted by atomic mass is 32.2. The summed E-state index contributed by atoms with van der Waals surface area (Å²) in [5.41, 5.74) is 0.760. The van der Waals surface area contributed by atoms with Crippen LogP contribution in [-0.2, 0) is 30.8 Å². The van der Waals surface area contributed by atoms with E-state index in [-0.39, 0.29) is 12.3 Å². The lowest BCUT2D eigenvalue weighted by molar-refractivity contribution is -0.144. The minimum Gasteiger partial charge on any atom is -0.329 e. The van der Waals surface area contributed by atoms with Crippen LogP contribution in [0.1, 0.15) is 5.56 Å². The second kappa shape index (κ2) is 6.95. The molecule has 27 heavy (non-hydrogen) atoms. The molecule has 0 saturated carbocycles. The monoisotopic (exact) mass is 391 g/mol. The number of urea groups is 1. The van der Waals surface area contributed by atoms with Crippen LogP contribution < -0.4 is 0 Å². The van der Waals surface area contributed by atoms with Crippen LogP contribution in [0.4, 0.5) is 4.79 Å². The highest BCUT2D eigenvalue weighted by Gasteiger charge is 2.44. The largest absolute Gasteiger partial charge is 0.334 e.